The van der Waals surface area contributed by atoms with Crippen LogP contribution in [-0.4, -0.2) is 43.5 Å². The van der Waals surface area contributed by atoms with E-state index in [1.165, 1.54) is 18.0 Å². The Bertz CT molecular complexity index is 1860. The fourth-order valence-corrected chi connectivity index (χ4v) is 5.74. The predicted molar refractivity (Wildman–Crippen MR) is 153 cm³/mol. The Morgan fingerprint density at radius 3 is 2.63 bits per heavy atom. The quantitative estimate of drug-likeness (QED) is 0.212. The van der Waals surface area contributed by atoms with Crippen LogP contribution in [0.2, 0.25) is 0 Å². The zero-order valence-corrected chi connectivity index (χ0v) is 23.1. The number of para-hydroxylation sites is 1. The first-order chi connectivity index (χ1) is 19.9. The van der Waals surface area contributed by atoms with Crippen LogP contribution in [0.4, 0.5) is 4.79 Å². The Hall–Kier alpha value is -4.84. The van der Waals surface area contributed by atoms with Gasteiger partial charge >= 0.3 is 12.0 Å². The van der Waals surface area contributed by atoms with Crippen molar-refractivity contribution in [3.8, 4) is 0 Å². The molecular weight excluding hydrogens is 544 g/mol. The standard InChI is InChI=1S/C29H26N6O5S/c1-3-39-26(37)23-20(30-27(38)31-24(23)22-9-6-14-40-22)16-41-29-33-32-28-34(15-18-12-10-17(2)11-13-18)25(36)19-7-4-5-8-21(19)35(28)29/h4-14,24H,3,15-16H2,1-2H3,(H2,30,31,38). The largest absolute Gasteiger partial charge is 0.467 e. The number of rotatable bonds is 8. The summed E-state index contributed by atoms with van der Waals surface area (Å²) in [7, 11) is 0. The summed E-state index contributed by atoms with van der Waals surface area (Å²) in [5.74, 6) is 0.398. The zero-order chi connectivity index (χ0) is 28.5. The number of aryl methyl sites for hydroxylation is 1. The van der Waals surface area contributed by atoms with E-state index in [9.17, 15) is 14.4 Å². The molecule has 0 saturated heterocycles. The number of amides is 2. The minimum Gasteiger partial charge on any atom is -0.467 e. The molecule has 208 valence electrons. The molecule has 2 N–H and O–H groups in total. The minimum absolute atomic E-state index is 0.168. The number of hydrogen-bond acceptors (Lipinski definition) is 8. The van der Waals surface area contributed by atoms with E-state index in [1.807, 2.05) is 53.8 Å². The van der Waals surface area contributed by atoms with Crippen LogP contribution in [0, 0.1) is 6.92 Å². The summed E-state index contributed by atoms with van der Waals surface area (Å²) in [6.07, 6.45) is 1.48. The smallest absolute Gasteiger partial charge is 0.338 e. The molecule has 1 aliphatic rings. The number of esters is 1. The van der Waals surface area contributed by atoms with Crippen LogP contribution in [0.3, 0.4) is 0 Å². The molecule has 1 aliphatic heterocycles. The number of hydrogen-bond donors (Lipinski definition) is 2. The molecule has 3 aromatic heterocycles. The number of urea groups is 1. The average Bonchev–Trinajstić information content (AvgIpc) is 3.66. The summed E-state index contributed by atoms with van der Waals surface area (Å²) in [5.41, 5.74) is 3.18. The first-order valence-electron chi connectivity index (χ1n) is 13.0. The molecule has 41 heavy (non-hydrogen) atoms. The number of fused-ring (bicyclic) bond motifs is 3. The van der Waals surface area contributed by atoms with Crippen LogP contribution >= 0.6 is 11.8 Å². The van der Waals surface area contributed by atoms with Gasteiger partial charge in [0.1, 0.15) is 11.8 Å². The Morgan fingerprint density at radius 1 is 1.07 bits per heavy atom. The number of nitrogens with one attached hydrogen (secondary N) is 2. The van der Waals surface area contributed by atoms with Gasteiger partial charge in [-0.3, -0.25) is 13.8 Å². The second-order valence-electron chi connectivity index (χ2n) is 9.46. The third kappa shape index (κ3) is 4.97. The highest BCUT2D eigenvalue weighted by atomic mass is 32.2. The van der Waals surface area contributed by atoms with Gasteiger partial charge in [0.25, 0.3) is 5.56 Å². The SMILES string of the molecule is CCOC(=O)C1=C(CSc2nnc3n(Cc4ccc(C)cc4)c(=O)c4ccccc4n23)NC(=O)NC1c1ccco1. The molecule has 6 rings (SSSR count). The van der Waals surface area contributed by atoms with Gasteiger partial charge in [-0.05, 0) is 43.7 Å². The number of carbonyl (C=O) groups is 2. The van der Waals surface area contributed by atoms with Gasteiger partial charge in [-0.2, -0.15) is 0 Å². The van der Waals surface area contributed by atoms with Crippen molar-refractivity contribution in [2.75, 3.05) is 12.4 Å². The summed E-state index contributed by atoms with van der Waals surface area (Å²) >= 11 is 1.28. The number of carbonyl (C=O) groups excluding carboxylic acids is 2. The van der Waals surface area contributed by atoms with Gasteiger partial charge in [0.15, 0.2) is 5.16 Å². The fourth-order valence-electron chi connectivity index (χ4n) is 4.83. The van der Waals surface area contributed by atoms with Crippen LogP contribution in [0.15, 0.2) is 92.6 Å². The molecule has 0 spiro atoms. The molecule has 0 fully saturated rings. The zero-order valence-electron chi connectivity index (χ0n) is 22.3. The number of ether oxygens (including phenoxy) is 1. The predicted octanol–water partition coefficient (Wildman–Crippen LogP) is 3.96. The second kappa shape index (κ2) is 11.0. The normalized spacial score (nSPS) is 15.3. The van der Waals surface area contributed by atoms with Gasteiger partial charge in [0.05, 0.1) is 35.9 Å². The summed E-state index contributed by atoms with van der Waals surface area (Å²) in [6.45, 7) is 4.21. The molecule has 2 aromatic carbocycles. The lowest BCUT2D eigenvalue weighted by Crippen LogP contribution is -2.46. The summed E-state index contributed by atoms with van der Waals surface area (Å²) in [4.78, 5) is 39.2. The Kier molecular flexibility index (Phi) is 7.06. The number of aromatic nitrogens is 4. The maximum atomic E-state index is 13.5. The molecule has 0 bridgehead atoms. The number of thioether (sulfide) groups is 1. The molecule has 11 nitrogen and oxygen atoms in total. The molecule has 0 aliphatic carbocycles. The molecule has 5 aromatic rings. The highest BCUT2D eigenvalue weighted by Gasteiger charge is 2.35. The molecule has 1 unspecified atom stereocenters. The van der Waals surface area contributed by atoms with Gasteiger partial charge in [0, 0.05) is 11.4 Å². The van der Waals surface area contributed by atoms with E-state index in [2.05, 4.69) is 20.8 Å². The summed E-state index contributed by atoms with van der Waals surface area (Å²) < 4.78 is 14.3. The van der Waals surface area contributed by atoms with E-state index >= 15 is 0 Å². The number of benzene rings is 2. The van der Waals surface area contributed by atoms with E-state index in [0.717, 1.165) is 11.1 Å². The molecular formula is C29H26N6O5S. The fraction of sp³-hybridized carbons (Fsp3) is 0.207. The maximum Gasteiger partial charge on any atom is 0.338 e. The van der Waals surface area contributed by atoms with Crippen molar-refractivity contribution in [1.82, 2.24) is 29.8 Å². The van der Waals surface area contributed by atoms with E-state index in [4.69, 9.17) is 9.15 Å². The topological polar surface area (TPSA) is 133 Å². The lowest BCUT2D eigenvalue weighted by molar-refractivity contribution is -0.139. The van der Waals surface area contributed by atoms with Crippen LogP contribution in [0.1, 0.15) is 29.9 Å². The molecule has 0 radical (unpaired) electrons. The molecule has 0 saturated carbocycles. The van der Waals surface area contributed by atoms with Crippen LogP contribution in [-0.2, 0) is 16.1 Å². The highest BCUT2D eigenvalue weighted by molar-refractivity contribution is 7.99. The molecule has 12 heteroatoms. The molecule has 4 heterocycles. The highest BCUT2D eigenvalue weighted by Crippen LogP contribution is 2.31. The second-order valence-corrected chi connectivity index (χ2v) is 10.4. The van der Waals surface area contributed by atoms with Gasteiger partial charge < -0.3 is 19.8 Å². The van der Waals surface area contributed by atoms with Gasteiger partial charge in [-0.25, -0.2) is 9.59 Å². The van der Waals surface area contributed by atoms with Crippen molar-refractivity contribution in [1.29, 1.82) is 0 Å². The summed E-state index contributed by atoms with van der Waals surface area (Å²) in [6, 6.07) is 17.3. The summed E-state index contributed by atoms with van der Waals surface area (Å²) in [5, 5.41) is 15.3. The third-order valence-electron chi connectivity index (χ3n) is 6.76. The first-order valence-corrected chi connectivity index (χ1v) is 14.0. The van der Waals surface area contributed by atoms with Crippen molar-refractivity contribution < 1.29 is 18.7 Å². The van der Waals surface area contributed by atoms with E-state index < -0.39 is 18.0 Å². The van der Waals surface area contributed by atoms with Crippen LogP contribution < -0.4 is 16.2 Å². The average molecular weight is 571 g/mol. The van der Waals surface area contributed by atoms with Crippen molar-refractivity contribution >= 4 is 40.4 Å². The van der Waals surface area contributed by atoms with Crippen molar-refractivity contribution in [2.24, 2.45) is 0 Å². The molecule has 1 atom stereocenters. The van der Waals surface area contributed by atoms with E-state index in [-0.39, 0.29) is 23.5 Å². The van der Waals surface area contributed by atoms with Crippen LogP contribution in [0.5, 0.6) is 0 Å². The van der Waals surface area contributed by atoms with Gasteiger partial charge in [0.2, 0.25) is 5.78 Å². The van der Waals surface area contributed by atoms with Crippen molar-refractivity contribution in [3.63, 3.8) is 0 Å². The first kappa shape index (κ1) is 26.4. The number of furan rings is 1. The van der Waals surface area contributed by atoms with Crippen molar-refractivity contribution in [3.05, 3.63) is 105 Å². The monoisotopic (exact) mass is 570 g/mol. The van der Waals surface area contributed by atoms with E-state index in [1.54, 1.807) is 29.7 Å². The lowest BCUT2D eigenvalue weighted by atomic mass is 10.0. The third-order valence-corrected chi connectivity index (χ3v) is 7.72. The van der Waals surface area contributed by atoms with Gasteiger partial charge in [-0.15, -0.1) is 10.2 Å². The van der Waals surface area contributed by atoms with E-state index in [0.29, 0.717) is 39.8 Å². The lowest BCUT2D eigenvalue weighted by Gasteiger charge is -2.27. The van der Waals surface area contributed by atoms with Crippen LogP contribution in [0.25, 0.3) is 16.7 Å². The molecule has 2 amide bonds. The Morgan fingerprint density at radius 2 is 1.88 bits per heavy atom. The van der Waals surface area contributed by atoms with Gasteiger partial charge in [-0.1, -0.05) is 53.7 Å². The number of nitrogens with zero attached hydrogens (tertiary/aromatic N) is 4. The van der Waals surface area contributed by atoms with Crippen molar-refractivity contribution in [2.45, 2.75) is 31.6 Å². The minimum atomic E-state index is -0.816. The maximum absolute atomic E-state index is 13.5. The Balaban J connectivity index is 1.43. The Labute approximate surface area is 238 Å².